The summed E-state index contributed by atoms with van der Waals surface area (Å²) in [4.78, 5) is 17.3. The quantitative estimate of drug-likeness (QED) is 0.652. The number of likely N-dealkylation sites (N-methyl/N-ethyl adjacent to an activating group) is 1. The van der Waals surface area contributed by atoms with Crippen molar-refractivity contribution in [2.24, 2.45) is 5.92 Å². The Morgan fingerprint density at radius 1 is 1.34 bits per heavy atom. The number of methoxy groups -OCH3 is 1. The molecule has 0 saturated carbocycles. The Labute approximate surface area is 174 Å². The molecule has 2 heterocycles. The third-order valence-corrected chi connectivity index (χ3v) is 5.74. The number of nitrogens with zero attached hydrogens (tertiary/aromatic N) is 4. The molecule has 1 amide bonds. The SMILES string of the molecule is CCN(CC1CCCN(CCc2cccc(OC)c2)C1)C(=O)Cn1ccc(C)n1. The van der Waals surface area contributed by atoms with Crippen LogP contribution < -0.4 is 4.74 Å². The first-order valence-corrected chi connectivity index (χ1v) is 10.7. The molecule has 0 N–H and O–H groups in total. The van der Waals surface area contributed by atoms with Gasteiger partial charge in [0.25, 0.3) is 0 Å². The number of amides is 1. The van der Waals surface area contributed by atoms with E-state index in [-0.39, 0.29) is 5.91 Å². The molecular weight excluding hydrogens is 364 g/mol. The van der Waals surface area contributed by atoms with Gasteiger partial charge in [-0.1, -0.05) is 12.1 Å². The molecule has 1 saturated heterocycles. The summed E-state index contributed by atoms with van der Waals surface area (Å²) in [5, 5.41) is 4.34. The molecule has 1 atom stereocenters. The third kappa shape index (κ3) is 6.32. The van der Waals surface area contributed by atoms with E-state index in [4.69, 9.17) is 4.74 Å². The molecule has 0 aliphatic carbocycles. The van der Waals surface area contributed by atoms with E-state index < -0.39 is 0 Å². The highest BCUT2D eigenvalue weighted by Crippen LogP contribution is 2.19. The topological polar surface area (TPSA) is 50.6 Å². The number of carbonyl (C=O) groups excluding carboxylic acids is 1. The monoisotopic (exact) mass is 398 g/mol. The third-order valence-electron chi connectivity index (χ3n) is 5.74. The van der Waals surface area contributed by atoms with Crippen molar-refractivity contribution in [2.75, 3.05) is 39.8 Å². The Morgan fingerprint density at radius 2 is 2.21 bits per heavy atom. The van der Waals surface area contributed by atoms with E-state index in [0.717, 1.165) is 50.6 Å². The summed E-state index contributed by atoms with van der Waals surface area (Å²) in [6.07, 6.45) is 5.30. The molecule has 6 nitrogen and oxygen atoms in total. The van der Waals surface area contributed by atoms with Gasteiger partial charge in [0.15, 0.2) is 0 Å². The minimum atomic E-state index is 0.157. The minimum absolute atomic E-state index is 0.157. The van der Waals surface area contributed by atoms with Crippen molar-refractivity contribution in [2.45, 2.75) is 39.7 Å². The van der Waals surface area contributed by atoms with Gasteiger partial charge in [0, 0.05) is 32.4 Å². The number of ether oxygens (including phenoxy) is 1. The van der Waals surface area contributed by atoms with Gasteiger partial charge in [0.05, 0.1) is 12.8 Å². The lowest BCUT2D eigenvalue weighted by Gasteiger charge is -2.35. The van der Waals surface area contributed by atoms with Crippen LogP contribution in [0.3, 0.4) is 0 Å². The molecule has 1 aromatic carbocycles. The van der Waals surface area contributed by atoms with E-state index in [1.807, 2.05) is 30.2 Å². The Morgan fingerprint density at radius 3 is 2.93 bits per heavy atom. The van der Waals surface area contributed by atoms with Gasteiger partial charge in [-0.3, -0.25) is 9.48 Å². The van der Waals surface area contributed by atoms with Crippen molar-refractivity contribution in [3.8, 4) is 5.75 Å². The van der Waals surface area contributed by atoms with E-state index in [1.165, 1.54) is 18.4 Å². The molecule has 2 aromatic rings. The molecule has 6 heteroatoms. The van der Waals surface area contributed by atoms with Gasteiger partial charge < -0.3 is 14.5 Å². The highest BCUT2D eigenvalue weighted by atomic mass is 16.5. The Balaban J connectivity index is 1.49. The average molecular weight is 399 g/mol. The highest BCUT2D eigenvalue weighted by Gasteiger charge is 2.23. The molecule has 1 aliphatic heterocycles. The van der Waals surface area contributed by atoms with Crippen molar-refractivity contribution in [3.63, 3.8) is 0 Å². The smallest absolute Gasteiger partial charge is 0.244 e. The maximum atomic E-state index is 12.7. The summed E-state index contributed by atoms with van der Waals surface area (Å²) in [6.45, 7) is 9.19. The van der Waals surface area contributed by atoms with E-state index in [9.17, 15) is 4.79 Å². The molecule has 0 spiro atoms. The van der Waals surface area contributed by atoms with Crippen LogP contribution in [-0.2, 0) is 17.8 Å². The van der Waals surface area contributed by atoms with Crippen molar-refractivity contribution in [3.05, 3.63) is 47.8 Å². The lowest BCUT2D eigenvalue weighted by molar-refractivity contribution is -0.132. The number of hydrogen-bond acceptors (Lipinski definition) is 4. The number of rotatable bonds is 9. The number of piperidine rings is 1. The zero-order valence-corrected chi connectivity index (χ0v) is 18.0. The van der Waals surface area contributed by atoms with Crippen LogP contribution in [0.1, 0.15) is 31.0 Å². The number of benzene rings is 1. The van der Waals surface area contributed by atoms with Crippen molar-refractivity contribution >= 4 is 5.91 Å². The molecular formula is C23H34N4O2. The second-order valence-electron chi connectivity index (χ2n) is 8.00. The average Bonchev–Trinajstić information content (AvgIpc) is 3.15. The molecule has 1 fully saturated rings. The zero-order valence-electron chi connectivity index (χ0n) is 18.0. The van der Waals surface area contributed by atoms with Gasteiger partial charge in [-0.05, 0) is 69.3 Å². The number of hydrogen-bond donors (Lipinski definition) is 0. The lowest BCUT2D eigenvalue weighted by atomic mass is 9.96. The minimum Gasteiger partial charge on any atom is -0.497 e. The Hall–Kier alpha value is -2.34. The van der Waals surface area contributed by atoms with Gasteiger partial charge in [0.1, 0.15) is 12.3 Å². The van der Waals surface area contributed by atoms with Crippen LogP contribution in [0.5, 0.6) is 5.75 Å². The molecule has 0 radical (unpaired) electrons. The van der Waals surface area contributed by atoms with Crippen molar-refractivity contribution in [1.82, 2.24) is 19.6 Å². The summed E-state index contributed by atoms with van der Waals surface area (Å²) in [7, 11) is 1.71. The molecule has 1 unspecified atom stereocenters. The number of carbonyl (C=O) groups is 1. The molecule has 1 aromatic heterocycles. The summed E-state index contributed by atoms with van der Waals surface area (Å²) in [6, 6.07) is 10.3. The maximum Gasteiger partial charge on any atom is 0.244 e. The normalized spacial score (nSPS) is 17.3. The molecule has 0 bridgehead atoms. The van der Waals surface area contributed by atoms with Gasteiger partial charge in [-0.2, -0.15) is 5.10 Å². The molecule has 29 heavy (non-hydrogen) atoms. The van der Waals surface area contributed by atoms with E-state index in [1.54, 1.807) is 11.8 Å². The number of aryl methyl sites for hydroxylation is 1. The first-order chi connectivity index (χ1) is 14.1. The van der Waals surface area contributed by atoms with E-state index in [2.05, 4.69) is 35.1 Å². The predicted octanol–water partition coefficient (Wildman–Crippen LogP) is 3.00. The second kappa shape index (κ2) is 10.4. The summed E-state index contributed by atoms with van der Waals surface area (Å²) in [5.74, 6) is 1.62. The van der Waals surface area contributed by atoms with Crippen LogP contribution in [-0.4, -0.2) is 65.3 Å². The van der Waals surface area contributed by atoms with Gasteiger partial charge in [-0.25, -0.2) is 0 Å². The molecule has 1 aliphatic rings. The predicted molar refractivity (Wildman–Crippen MR) is 115 cm³/mol. The van der Waals surface area contributed by atoms with Crippen LogP contribution >= 0.6 is 0 Å². The van der Waals surface area contributed by atoms with Crippen LogP contribution in [0.15, 0.2) is 36.5 Å². The van der Waals surface area contributed by atoms with Gasteiger partial charge >= 0.3 is 0 Å². The zero-order chi connectivity index (χ0) is 20.6. The van der Waals surface area contributed by atoms with Gasteiger partial charge in [0.2, 0.25) is 5.91 Å². The maximum absolute atomic E-state index is 12.7. The second-order valence-corrected chi connectivity index (χ2v) is 8.00. The van der Waals surface area contributed by atoms with Crippen LogP contribution in [0.25, 0.3) is 0 Å². The number of aromatic nitrogens is 2. The highest BCUT2D eigenvalue weighted by molar-refractivity contribution is 5.75. The first kappa shape index (κ1) is 21.4. The van der Waals surface area contributed by atoms with E-state index in [0.29, 0.717) is 12.5 Å². The standard InChI is InChI=1S/C23H34N4O2/c1-4-26(23(28)18-27-14-10-19(2)24-27)17-21-8-6-12-25(16-21)13-11-20-7-5-9-22(15-20)29-3/h5,7,9-10,14-15,21H,4,6,8,11-13,16-18H2,1-3H3. The fraction of sp³-hybridized carbons (Fsp3) is 0.565. The Kier molecular flexibility index (Phi) is 7.69. The first-order valence-electron chi connectivity index (χ1n) is 10.7. The summed E-state index contributed by atoms with van der Waals surface area (Å²) >= 11 is 0. The van der Waals surface area contributed by atoms with Crippen molar-refractivity contribution < 1.29 is 9.53 Å². The van der Waals surface area contributed by atoms with Crippen LogP contribution in [0, 0.1) is 12.8 Å². The Bertz CT molecular complexity index is 789. The summed E-state index contributed by atoms with van der Waals surface area (Å²) < 4.78 is 7.07. The largest absolute Gasteiger partial charge is 0.497 e. The molecule has 158 valence electrons. The summed E-state index contributed by atoms with van der Waals surface area (Å²) in [5.41, 5.74) is 2.26. The van der Waals surface area contributed by atoms with Gasteiger partial charge in [-0.15, -0.1) is 0 Å². The molecule has 3 rings (SSSR count). The van der Waals surface area contributed by atoms with Crippen LogP contribution in [0.4, 0.5) is 0 Å². The fourth-order valence-electron chi connectivity index (χ4n) is 4.13. The fourth-order valence-corrected chi connectivity index (χ4v) is 4.13. The number of likely N-dealkylation sites (tertiary alicyclic amines) is 1. The van der Waals surface area contributed by atoms with Crippen LogP contribution in [0.2, 0.25) is 0 Å². The van der Waals surface area contributed by atoms with Crippen molar-refractivity contribution in [1.29, 1.82) is 0 Å². The lowest BCUT2D eigenvalue weighted by Crippen LogP contribution is -2.44. The van der Waals surface area contributed by atoms with E-state index >= 15 is 0 Å².